The molecule has 0 fully saturated rings. The summed E-state index contributed by atoms with van der Waals surface area (Å²) in [4.78, 5) is 18.0. The molecule has 2 heterocycles. The molecule has 0 saturated carbocycles. The normalized spacial score (nSPS) is 21.0. The monoisotopic (exact) mass is 716 g/mol. The van der Waals surface area contributed by atoms with Crippen molar-refractivity contribution in [2.24, 2.45) is 0 Å². The topological polar surface area (TPSA) is 41.9 Å². The van der Waals surface area contributed by atoms with Crippen LogP contribution in [0.15, 0.2) is 199 Å². The molecule has 1 aliphatic heterocycles. The van der Waals surface area contributed by atoms with Crippen molar-refractivity contribution in [2.45, 2.75) is 30.1 Å². The number of para-hydroxylation sites is 2. The van der Waals surface area contributed by atoms with Crippen molar-refractivity contribution in [3.8, 4) is 22.8 Å². The highest BCUT2D eigenvalue weighted by molar-refractivity contribution is 5.99. The van der Waals surface area contributed by atoms with Crippen LogP contribution in [0.5, 0.6) is 0 Å². The Kier molecular flexibility index (Phi) is 6.76. The second-order valence-electron chi connectivity index (χ2n) is 15.4. The zero-order valence-electron chi connectivity index (χ0n) is 30.7. The lowest BCUT2D eigenvalue weighted by atomic mass is 9.65. The highest BCUT2D eigenvalue weighted by atomic mass is 15.2. The number of fused-ring (bicyclic) bond motifs is 11. The van der Waals surface area contributed by atoms with Crippen LogP contribution in [-0.2, 0) is 5.41 Å². The third-order valence-electron chi connectivity index (χ3n) is 12.6. The fourth-order valence-corrected chi connectivity index (χ4v) is 10.4. The van der Waals surface area contributed by atoms with E-state index in [0.717, 1.165) is 29.8 Å². The quantitative estimate of drug-likeness (QED) is 0.182. The third-order valence-corrected chi connectivity index (χ3v) is 12.6. The molecule has 4 nitrogen and oxygen atoms in total. The number of benzene rings is 6. The lowest BCUT2D eigenvalue weighted by Gasteiger charge is -2.37. The van der Waals surface area contributed by atoms with Gasteiger partial charge in [0.25, 0.3) is 0 Å². The summed E-state index contributed by atoms with van der Waals surface area (Å²) in [7, 11) is 0. The zero-order valence-corrected chi connectivity index (χ0v) is 30.7. The van der Waals surface area contributed by atoms with E-state index in [2.05, 4.69) is 151 Å². The fraction of sp³-hybridized carbons (Fsp3) is 0.0962. The second kappa shape index (κ2) is 12.0. The number of hydrogen-bond acceptors (Lipinski definition) is 4. The van der Waals surface area contributed by atoms with Crippen molar-refractivity contribution in [1.29, 1.82) is 0 Å². The number of allylic oxidation sites excluding steroid dienone is 8. The Bertz CT molecular complexity index is 2810. The molecule has 3 unspecified atom stereocenters. The summed E-state index contributed by atoms with van der Waals surface area (Å²) >= 11 is 0. The van der Waals surface area contributed by atoms with Gasteiger partial charge in [0.1, 0.15) is 5.82 Å². The van der Waals surface area contributed by atoms with Gasteiger partial charge >= 0.3 is 0 Å². The van der Waals surface area contributed by atoms with Crippen molar-refractivity contribution in [3.05, 3.63) is 233 Å². The average molecular weight is 717 g/mol. The predicted molar refractivity (Wildman–Crippen MR) is 225 cm³/mol. The Balaban J connectivity index is 1.06. The van der Waals surface area contributed by atoms with Crippen LogP contribution in [-0.4, -0.2) is 15.0 Å². The van der Waals surface area contributed by atoms with Gasteiger partial charge in [-0.2, -0.15) is 0 Å². The van der Waals surface area contributed by atoms with E-state index >= 15 is 0 Å². The van der Waals surface area contributed by atoms with Crippen LogP contribution in [0.2, 0.25) is 0 Å². The van der Waals surface area contributed by atoms with Crippen LogP contribution >= 0.6 is 0 Å². The van der Waals surface area contributed by atoms with Gasteiger partial charge in [-0.3, -0.25) is 0 Å². The minimum absolute atomic E-state index is 0.0368. The molecule has 3 atom stereocenters. The van der Waals surface area contributed by atoms with Crippen LogP contribution in [0, 0.1) is 0 Å². The van der Waals surface area contributed by atoms with Crippen molar-refractivity contribution < 1.29 is 0 Å². The zero-order chi connectivity index (χ0) is 36.8. The van der Waals surface area contributed by atoms with E-state index in [1.54, 1.807) is 0 Å². The van der Waals surface area contributed by atoms with Crippen LogP contribution in [0.3, 0.4) is 0 Å². The van der Waals surface area contributed by atoms with Crippen LogP contribution in [0.1, 0.15) is 58.3 Å². The first kappa shape index (κ1) is 31.4. The number of anilines is 2. The summed E-state index contributed by atoms with van der Waals surface area (Å²) in [5, 5.41) is 0. The predicted octanol–water partition coefficient (Wildman–Crippen LogP) is 12.0. The van der Waals surface area contributed by atoms with Gasteiger partial charge in [0, 0.05) is 40.0 Å². The standard InChI is InChI=1S/C52H36N4/c1-4-16-33(17-5-1)49-53-50(34-18-6-2-7-19-34)55-51(54-49)35-28-29-39-37-22-10-13-25-43(37)52(45(39)30-35)44-26-14-11-23-38(44)41-31-42-40-24-12-15-27-47(40)56(48(42)32-46(41)52)36-20-8-3-9-21-36/h1-29,32,35,42H,30-31H2. The first-order valence-corrected chi connectivity index (χ1v) is 19.6. The van der Waals surface area contributed by atoms with Crippen molar-refractivity contribution >= 4 is 22.5 Å². The number of rotatable bonds is 4. The smallest absolute Gasteiger partial charge is 0.163 e. The molecule has 0 N–H and O–H groups in total. The van der Waals surface area contributed by atoms with Crippen LogP contribution < -0.4 is 4.90 Å². The minimum Gasteiger partial charge on any atom is -0.313 e. The Morgan fingerprint density at radius 1 is 0.554 bits per heavy atom. The van der Waals surface area contributed by atoms with Crippen molar-refractivity contribution in [1.82, 2.24) is 15.0 Å². The summed E-state index contributed by atoms with van der Waals surface area (Å²) in [6, 6.07) is 58.9. The van der Waals surface area contributed by atoms with E-state index < -0.39 is 5.41 Å². The molecule has 1 aromatic heterocycles. The van der Waals surface area contributed by atoms with Gasteiger partial charge in [-0.1, -0.05) is 158 Å². The van der Waals surface area contributed by atoms with E-state index in [4.69, 9.17) is 15.0 Å². The first-order chi connectivity index (χ1) is 27.8. The van der Waals surface area contributed by atoms with E-state index in [0.29, 0.717) is 11.6 Å². The van der Waals surface area contributed by atoms with Crippen LogP contribution in [0.4, 0.5) is 11.4 Å². The van der Waals surface area contributed by atoms with E-state index in [1.807, 2.05) is 36.4 Å². The van der Waals surface area contributed by atoms with Crippen molar-refractivity contribution in [2.75, 3.05) is 4.90 Å². The van der Waals surface area contributed by atoms with E-state index in [1.165, 1.54) is 67.2 Å². The molecule has 6 aromatic carbocycles. The summed E-state index contributed by atoms with van der Waals surface area (Å²) < 4.78 is 0. The maximum atomic E-state index is 5.24. The number of aromatic nitrogens is 3. The third kappa shape index (κ3) is 4.38. The minimum atomic E-state index is -0.437. The van der Waals surface area contributed by atoms with Crippen LogP contribution in [0.25, 0.3) is 33.9 Å². The highest BCUT2D eigenvalue weighted by Gasteiger charge is 2.56. The summed E-state index contributed by atoms with van der Waals surface area (Å²) in [5.74, 6) is 2.44. The number of hydrogen-bond donors (Lipinski definition) is 0. The average Bonchev–Trinajstić information content (AvgIpc) is 3.87. The summed E-state index contributed by atoms with van der Waals surface area (Å²) in [6.07, 6.45) is 9.04. The number of nitrogens with zero attached hydrogens (tertiary/aromatic N) is 4. The maximum Gasteiger partial charge on any atom is 0.163 e. The van der Waals surface area contributed by atoms with Gasteiger partial charge in [-0.25, -0.2) is 15.0 Å². The maximum absolute atomic E-state index is 5.24. The Morgan fingerprint density at radius 3 is 1.86 bits per heavy atom. The molecule has 4 aliphatic carbocycles. The molecular formula is C52H36N4. The van der Waals surface area contributed by atoms with Gasteiger partial charge < -0.3 is 4.90 Å². The Labute approximate surface area is 326 Å². The molecule has 0 radical (unpaired) electrons. The fourth-order valence-electron chi connectivity index (χ4n) is 10.4. The largest absolute Gasteiger partial charge is 0.313 e. The SMILES string of the molecule is C1=CC(c2nc(-c3ccccc3)nc(-c3ccccc3)n2)CC2=C1c1ccccc1C21C2=C(CC3C(=C2)N(c2ccccc2)c2ccccc23)c2ccccc21. The molecule has 0 saturated heterocycles. The molecule has 4 heteroatoms. The molecule has 5 aliphatic rings. The lowest BCUT2D eigenvalue weighted by Crippen LogP contribution is -2.31. The van der Waals surface area contributed by atoms with E-state index in [-0.39, 0.29) is 11.8 Å². The lowest BCUT2D eigenvalue weighted by molar-refractivity contribution is 0.650. The Morgan fingerprint density at radius 2 is 1.14 bits per heavy atom. The Hall–Kier alpha value is -6.91. The summed E-state index contributed by atoms with van der Waals surface area (Å²) in [6.45, 7) is 0. The van der Waals surface area contributed by atoms with E-state index in [9.17, 15) is 0 Å². The second-order valence-corrected chi connectivity index (χ2v) is 15.4. The molecule has 7 aromatic rings. The summed E-state index contributed by atoms with van der Waals surface area (Å²) in [5.41, 5.74) is 17.9. The highest BCUT2D eigenvalue weighted by Crippen LogP contribution is 2.67. The van der Waals surface area contributed by atoms with Crippen molar-refractivity contribution in [3.63, 3.8) is 0 Å². The molecule has 56 heavy (non-hydrogen) atoms. The van der Waals surface area contributed by atoms with Gasteiger partial charge in [0.15, 0.2) is 11.6 Å². The first-order valence-electron chi connectivity index (χ1n) is 19.6. The molecule has 1 spiro atoms. The van der Waals surface area contributed by atoms with Gasteiger partial charge in [0.05, 0.1) is 5.41 Å². The molecule has 264 valence electrons. The molecule has 0 amide bonds. The van der Waals surface area contributed by atoms with Gasteiger partial charge in [-0.05, 0) is 87.2 Å². The molecule has 12 rings (SSSR count). The molecular weight excluding hydrogens is 681 g/mol. The van der Waals surface area contributed by atoms with Gasteiger partial charge in [0.2, 0.25) is 0 Å². The van der Waals surface area contributed by atoms with Gasteiger partial charge in [-0.15, -0.1) is 0 Å². The molecule has 0 bridgehead atoms.